The largest absolute Gasteiger partial charge is 0.337 e. The molecule has 0 radical (unpaired) electrons. The van der Waals surface area contributed by atoms with Crippen molar-refractivity contribution in [3.8, 4) is 5.82 Å². The number of benzene rings is 1. The van der Waals surface area contributed by atoms with Crippen molar-refractivity contribution in [2.45, 2.75) is 0 Å². The molecule has 0 saturated carbocycles. The Morgan fingerprint density at radius 3 is 2.88 bits per heavy atom. The summed E-state index contributed by atoms with van der Waals surface area (Å²) < 4.78 is 2.53. The maximum atomic E-state index is 4.47. The molecular weight excluding hydrogens is 394 g/mol. The number of pyridine rings is 2. The van der Waals surface area contributed by atoms with Crippen LogP contribution in [0.3, 0.4) is 0 Å². The van der Waals surface area contributed by atoms with E-state index in [1.54, 1.807) is 17.1 Å². The molecule has 0 aliphatic heterocycles. The molecule has 2 N–H and O–H groups in total. The first kappa shape index (κ1) is 15.0. The predicted octanol–water partition coefficient (Wildman–Crippen LogP) is 4.20. The van der Waals surface area contributed by atoms with Gasteiger partial charge in [-0.15, -0.1) is 0 Å². The van der Waals surface area contributed by atoms with E-state index in [4.69, 9.17) is 0 Å². The minimum absolute atomic E-state index is 0.699. The summed E-state index contributed by atoms with van der Waals surface area (Å²) in [5, 5.41) is 17.1. The number of hydrogen-bond acceptors (Lipinski definition) is 5. The van der Waals surface area contributed by atoms with Gasteiger partial charge in [0, 0.05) is 29.7 Å². The molecule has 5 aromatic rings. The zero-order valence-corrected chi connectivity index (χ0v) is 15.0. The van der Waals surface area contributed by atoms with Crippen LogP contribution in [0.1, 0.15) is 0 Å². The Kier molecular flexibility index (Phi) is 3.42. The van der Waals surface area contributed by atoms with Gasteiger partial charge in [-0.05, 0) is 63.8 Å². The van der Waals surface area contributed by atoms with Gasteiger partial charge in [0.15, 0.2) is 11.6 Å². The number of H-pyrrole nitrogens is 1. The van der Waals surface area contributed by atoms with Crippen molar-refractivity contribution >= 4 is 49.2 Å². The smallest absolute Gasteiger partial charge is 0.178 e. The second-order valence-electron chi connectivity index (χ2n) is 5.75. The van der Waals surface area contributed by atoms with Gasteiger partial charge >= 0.3 is 0 Å². The molecule has 0 aliphatic carbocycles. The van der Waals surface area contributed by atoms with Crippen molar-refractivity contribution in [3.63, 3.8) is 0 Å². The molecular formula is C18H12BrN7. The van der Waals surface area contributed by atoms with Gasteiger partial charge < -0.3 is 5.32 Å². The lowest BCUT2D eigenvalue weighted by molar-refractivity contribution is 0.847. The molecule has 4 heterocycles. The summed E-state index contributed by atoms with van der Waals surface area (Å²) in [6.07, 6.45) is 5.41. The lowest BCUT2D eigenvalue weighted by Gasteiger charge is -2.08. The third kappa shape index (κ3) is 2.51. The summed E-state index contributed by atoms with van der Waals surface area (Å²) in [5.41, 5.74) is 2.63. The minimum atomic E-state index is 0.699. The SMILES string of the molecule is Brc1ccn(-c2nccc3cc(Nc4n[nH]c5cccnc45)ccc23)n1. The van der Waals surface area contributed by atoms with E-state index in [1.165, 1.54) is 0 Å². The van der Waals surface area contributed by atoms with E-state index < -0.39 is 0 Å². The molecule has 26 heavy (non-hydrogen) atoms. The zero-order chi connectivity index (χ0) is 17.5. The fraction of sp³-hybridized carbons (Fsp3) is 0. The number of aromatic nitrogens is 6. The lowest BCUT2D eigenvalue weighted by atomic mass is 10.1. The second-order valence-corrected chi connectivity index (χ2v) is 6.56. The highest BCUT2D eigenvalue weighted by atomic mass is 79.9. The van der Waals surface area contributed by atoms with Crippen molar-refractivity contribution < 1.29 is 0 Å². The number of fused-ring (bicyclic) bond motifs is 2. The van der Waals surface area contributed by atoms with Crippen molar-refractivity contribution in [3.05, 3.63) is 65.7 Å². The van der Waals surface area contributed by atoms with Crippen LogP contribution in [0, 0.1) is 0 Å². The van der Waals surface area contributed by atoms with E-state index in [9.17, 15) is 0 Å². The summed E-state index contributed by atoms with van der Waals surface area (Å²) in [5.74, 6) is 1.48. The Labute approximate surface area is 156 Å². The maximum absolute atomic E-state index is 4.47. The van der Waals surface area contributed by atoms with Crippen molar-refractivity contribution in [1.29, 1.82) is 0 Å². The first-order valence-corrected chi connectivity index (χ1v) is 8.74. The van der Waals surface area contributed by atoms with Crippen LogP contribution < -0.4 is 5.32 Å². The summed E-state index contributed by atoms with van der Waals surface area (Å²) in [6, 6.07) is 13.8. The summed E-state index contributed by atoms with van der Waals surface area (Å²) >= 11 is 3.37. The van der Waals surface area contributed by atoms with E-state index in [2.05, 4.69) is 52.6 Å². The normalized spacial score (nSPS) is 11.3. The lowest BCUT2D eigenvalue weighted by Crippen LogP contribution is -1.99. The Morgan fingerprint density at radius 1 is 1.04 bits per heavy atom. The first-order valence-electron chi connectivity index (χ1n) is 7.94. The molecule has 1 aromatic carbocycles. The highest BCUT2D eigenvalue weighted by molar-refractivity contribution is 9.10. The maximum Gasteiger partial charge on any atom is 0.178 e. The van der Waals surface area contributed by atoms with E-state index in [0.717, 1.165) is 37.9 Å². The average molecular weight is 406 g/mol. The molecule has 0 atom stereocenters. The topological polar surface area (TPSA) is 84.3 Å². The van der Waals surface area contributed by atoms with Gasteiger partial charge in [0.25, 0.3) is 0 Å². The van der Waals surface area contributed by atoms with Crippen LogP contribution in [0.25, 0.3) is 27.6 Å². The Bertz CT molecular complexity index is 1240. The Balaban J connectivity index is 1.56. The van der Waals surface area contributed by atoms with Crippen LogP contribution in [0.5, 0.6) is 0 Å². The third-order valence-corrected chi connectivity index (χ3v) is 4.52. The Hall–Kier alpha value is -3.26. The fourth-order valence-electron chi connectivity index (χ4n) is 2.92. The second kappa shape index (κ2) is 5.92. The summed E-state index contributed by atoms with van der Waals surface area (Å²) in [6.45, 7) is 0. The number of aromatic amines is 1. The van der Waals surface area contributed by atoms with Gasteiger partial charge in [-0.25, -0.2) is 9.67 Å². The highest BCUT2D eigenvalue weighted by Gasteiger charge is 2.09. The van der Waals surface area contributed by atoms with Crippen LogP contribution in [0.4, 0.5) is 11.5 Å². The molecule has 0 bridgehead atoms. The average Bonchev–Trinajstić information content (AvgIpc) is 3.28. The molecule has 0 spiro atoms. The molecule has 0 fully saturated rings. The molecule has 5 rings (SSSR count). The third-order valence-electron chi connectivity index (χ3n) is 4.10. The van der Waals surface area contributed by atoms with Crippen LogP contribution >= 0.6 is 15.9 Å². The number of halogens is 1. The van der Waals surface area contributed by atoms with Gasteiger partial charge in [-0.3, -0.25) is 10.1 Å². The number of nitrogens with one attached hydrogen (secondary N) is 2. The monoisotopic (exact) mass is 405 g/mol. The summed E-state index contributed by atoms with van der Waals surface area (Å²) in [7, 11) is 0. The van der Waals surface area contributed by atoms with E-state index in [-0.39, 0.29) is 0 Å². The number of anilines is 2. The molecule has 8 heteroatoms. The molecule has 0 saturated heterocycles. The number of nitrogens with zero attached hydrogens (tertiary/aromatic N) is 5. The van der Waals surface area contributed by atoms with Gasteiger partial charge in [-0.1, -0.05) is 0 Å². The molecule has 0 unspecified atom stereocenters. The van der Waals surface area contributed by atoms with E-state index >= 15 is 0 Å². The molecule has 0 amide bonds. The van der Waals surface area contributed by atoms with Crippen LogP contribution in [-0.2, 0) is 0 Å². The molecule has 7 nitrogen and oxygen atoms in total. The van der Waals surface area contributed by atoms with Crippen molar-refractivity contribution in [1.82, 2.24) is 29.9 Å². The zero-order valence-electron chi connectivity index (χ0n) is 13.4. The van der Waals surface area contributed by atoms with Gasteiger partial charge in [0.1, 0.15) is 10.1 Å². The Morgan fingerprint density at radius 2 is 2.00 bits per heavy atom. The van der Waals surface area contributed by atoms with E-state index in [1.807, 2.05) is 42.6 Å². The molecule has 126 valence electrons. The predicted molar refractivity (Wildman–Crippen MR) is 104 cm³/mol. The standard InChI is InChI=1S/C18H12BrN7/c19-15-6-9-26(25-15)18-13-4-3-12(10-11(13)5-8-21-18)22-17-16-14(23-24-17)2-1-7-20-16/h1-10H,(H2,22,23,24). The van der Waals surface area contributed by atoms with Gasteiger partial charge in [-0.2, -0.15) is 10.2 Å². The van der Waals surface area contributed by atoms with Crippen LogP contribution in [0.15, 0.2) is 65.7 Å². The van der Waals surface area contributed by atoms with Gasteiger partial charge in [0.2, 0.25) is 0 Å². The van der Waals surface area contributed by atoms with Crippen LogP contribution in [0.2, 0.25) is 0 Å². The van der Waals surface area contributed by atoms with E-state index in [0.29, 0.717) is 5.82 Å². The molecule has 0 aliphatic rings. The molecule has 4 aromatic heterocycles. The number of rotatable bonds is 3. The van der Waals surface area contributed by atoms with Crippen LogP contribution in [-0.4, -0.2) is 29.9 Å². The van der Waals surface area contributed by atoms with Crippen molar-refractivity contribution in [2.24, 2.45) is 0 Å². The minimum Gasteiger partial charge on any atom is -0.337 e. The first-order chi connectivity index (χ1) is 12.8. The van der Waals surface area contributed by atoms with Crippen molar-refractivity contribution in [2.75, 3.05) is 5.32 Å². The fourth-order valence-corrected chi connectivity index (χ4v) is 3.21. The summed E-state index contributed by atoms with van der Waals surface area (Å²) in [4.78, 5) is 8.84. The number of hydrogen-bond donors (Lipinski definition) is 2. The van der Waals surface area contributed by atoms with Gasteiger partial charge in [0.05, 0.1) is 5.52 Å². The quantitative estimate of drug-likeness (QED) is 0.469. The highest BCUT2D eigenvalue weighted by Crippen LogP contribution is 2.27.